The van der Waals surface area contributed by atoms with Gasteiger partial charge in [0.05, 0.1) is 19.1 Å². The van der Waals surface area contributed by atoms with E-state index in [9.17, 15) is 29.1 Å². The Balaban J connectivity index is 1.67. The van der Waals surface area contributed by atoms with E-state index in [1.807, 2.05) is 6.07 Å². The molecule has 0 radical (unpaired) electrons. The molecule has 0 aliphatic carbocycles. The fourth-order valence-electron chi connectivity index (χ4n) is 4.24. The molecular formula is C36H42N4O10. The number of carboxylic acids is 1. The quantitative estimate of drug-likeness (QED) is 0.0910. The Hall–Kier alpha value is -5.92. The maximum Gasteiger partial charge on any atom is 0.437 e. The highest BCUT2D eigenvalue weighted by Crippen LogP contribution is 2.29. The van der Waals surface area contributed by atoms with Gasteiger partial charge >= 0.3 is 24.1 Å². The van der Waals surface area contributed by atoms with Crippen LogP contribution in [0.5, 0.6) is 11.5 Å². The van der Waals surface area contributed by atoms with Crippen molar-refractivity contribution < 1.29 is 48.0 Å². The molecule has 3 amide bonds. The van der Waals surface area contributed by atoms with E-state index in [-0.39, 0.29) is 35.9 Å². The van der Waals surface area contributed by atoms with E-state index >= 15 is 0 Å². The highest BCUT2D eigenvalue weighted by molar-refractivity contribution is 6.06. The standard InChI is InChI=1S/C36H42N4O10/c1-35(2,3)49-33(45)39-32(40-34(46)50-36(4,5)6)37-25-16-14-24(15-17-25)31(44)48-27-18-13-23(20-28(27)47-7)21-29(41)38-26(30(42)43)19-22-11-9-8-10-12-22/h8-18,20,26H,19,21H2,1-7H3,(H,38,41)(H,42,43)(H2,37,39,40,45,46)/t26-/m0/s1. The summed E-state index contributed by atoms with van der Waals surface area (Å²) in [7, 11) is 1.37. The van der Waals surface area contributed by atoms with Crippen LogP contribution in [0.3, 0.4) is 0 Å². The molecule has 0 aliphatic heterocycles. The monoisotopic (exact) mass is 690 g/mol. The van der Waals surface area contributed by atoms with Crippen molar-refractivity contribution in [3.05, 3.63) is 89.5 Å². The van der Waals surface area contributed by atoms with Crippen LogP contribution in [-0.4, -0.2) is 65.5 Å². The highest BCUT2D eigenvalue weighted by atomic mass is 16.6. The van der Waals surface area contributed by atoms with Crippen LogP contribution in [0.25, 0.3) is 0 Å². The van der Waals surface area contributed by atoms with Gasteiger partial charge in [0, 0.05) is 12.1 Å². The summed E-state index contributed by atoms with van der Waals surface area (Å²) in [5.74, 6) is -2.38. The van der Waals surface area contributed by atoms with E-state index in [0.717, 1.165) is 5.56 Å². The molecule has 1 atom stereocenters. The fourth-order valence-corrected chi connectivity index (χ4v) is 4.24. The lowest BCUT2D eigenvalue weighted by atomic mass is 10.1. The van der Waals surface area contributed by atoms with Crippen molar-refractivity contribution in [1.29, 1.82) is 0 Å². The van der Waals surface area contributed by atoms with Crippen molar-refractivity contribution in [3.63, 3.8) is 0 Å². The number of amides is 3. The van der Waals surface area contributed by atoms with Gasteiger partial charge in [-0.1, -0.05) is 36.4 Å². The molecule has 266 valence electrons. The third-order valence-electron chi connectivity index (χ3n) is 6.31. The van der Waals surface area contributed by atoms with Crippen LogP contribution in [0.2, 0.25) is 0 Å². The molecule has 0 unspecified atom stereocenters. The third-order valence-corrected chi connectivity index (χ3v) is 6.31. The normalized spacial score (nSPS) is 12.2. The third kappa shape index (κ3) is 13.3. The maximum absolute atomic E-state index is 13.0. The number of methoxy groups -OCH3 is 1. The first-order valence-corrected chi connectivity index (χ1v) is 15.5. The van der Waals surface area contributed by atoms with Gasteiger partial charge in [0.2, 0.25) is 11.9 Å². The minimum Gasteiger partial charge on any atom is -0.493 e. The Morgan fingerprint density at radius 1 is 0.800 bits per heavy atom. The summed E-state index contributed by atoms with van der Waals surface area (Å²) in [6, 6.07) is 18.3. The average molecular weight is 691 g/mol. The molecule has 14 nitrogen and oxygen atoms in total. The van der Waals surface area contributed by atoms with Crippen LogP contribution >= 0.6 is 0 Å². The predicted octanol–water partition coefficient (Wildman–Crippen LogP) is 5.50. The van der Waals surface area contributed by atoms with Crippen molar-refractivity contribution in [2.24, 2.45) is 4.99 Å². The van der Waals surface area contributed by atoms with Gasteiger partial charge in [-0.3, -0.25) is 10.1 Å². The molecule has 0 saturated carbocycles. The van der Waals surface area contributed by atoms with Crippen LogP contribution in [-0.2, 0) is 31.9 Å². The second-order valence-electron chi connectivity index (χ2n) is 13.0. The second-order valence-corrected chi connectivity index (χ2v) is 13.0. The zero-order valence-electron chi connectivity index (χ0n) is 29.0. The zero-order chi connectivity index (χ0) is 37.1. The zero-order valence-corrected chi connectivity index (χ0v) is 29.0. The summed E-state index contributed by atoms with van der Waals surface area (Å²) in [4.78, 5) is 66.0. The number of guanidine groups is 1. The number of carbonyl (C=O) groups is 5. The van der Waals surface area contributed by atoms with Crippen molar-refractivity contribution >= 4 is 41.7 Å². The van der Waals surface area contributed by atoms with Crippen molar-refractivity contribution in [2.45, 2.75) is 71.6 Å². The number of hydrogen-bond acceptors (Lipinski definition) is 9. The minimum atomic E-state index is -1.15. The Kier molecular flexibility index (Phi) is 13.1. The van der Waals surface area contributed by atoms with E-state index in [4.69, 9.17) is 18.9 Å². The number of esters is 1. The SMILES string of the molecule is COc1cc(CC(=O)N[C@@H](Cc2ccccc2)C(=O)O)ccc1OC(=O)c1ccc(N/C(=N/C(=O)OC(C)(C)C)NC(=O)OC(C)(C)C)cc1. The Morgan fingerprint density at radius 3 is 2.02 bits per heavy atom. The van der Waals surface area contributed by atoms with E-state index < -0.39 is 47.3 Å². The molecule has 3 aromatic rings. The van der Waals surface area contributed by atoms with Crippen molar-refractivity contribution in [3.8, 4) is 11.5 Å². The number of benzene rings is 3. The van der Waals surface area contributed by atoms with Gasteiger partial charge in [0.15, 0.2) is 11.5 Å². The molecule has 50 heavy (non-hydrogen) atoms. The molecule has 3 rings (SSSR count). The van der Waals surface area contributed by atoms with E-state index in [1.165, 1.54) is 43.5 Å². The number of rotatable bonds is 10. The summed E-state index contributed by atoms with van der Waals surface area (Å²) in [5, 5.41) is 17.3. The number of carboxylic acid groups (broad SMARTS) is 1. The largest absolute Gasteiger partial charge is 0.493 e. The Bertz CT molecular complexity index is 1710. The lowest BCUT2D eigenvalue weighted by Crippen LogP contribution is -2.43. The number of carbonyl (C=O) groups excluding carboxylic acids is 4. The number of alkyl carbamates (subject to hydrolysis) is 1. The van der Waals surface area contributed by atoms with E-state index in [1.54, 1.807) is 71.9 Å². The van der Waals surface area contributed by atoms with E-state index in [2.05, 4.69) is 20.9 Å². The molecule has 0 spiro atoms. The molecule has 0 fully saturated rings. The Morgan fingerprint density at radius 2 is 1.44 bits per heavy atom. The number of ether oxygens (including phenoxy) is 4. The number of hydrogen-bond donors (Lipinski definition) is 4. The van der Waals surface area contributed by atoms with Crippen LogP contribution in [0.4, 0.5) is 15.3 Å². The molecule has 4 N–H and O–H groups in total. The van der Waals surface area contributed by atoms with Gasteiger partial charge in [-0.05, 0) is 89.1 Å². The summed E-state index contributed by atoms with van der Waals surface area (Å²) in [5.41, 5.74) is 0.146. The number of nitrogens with zero attached hydrogens (tertiary/aromatic N) is 1. The fraction of sp³-hybridized carbons (Fsp3) is 0.333. The van der Waals surface area contributed by atoms with Crippen molar-refractivity contribution in [1.82, 2.24) is 10.6 Å². The highest BCUT2D eigenvalue weighted by Gasteiger charge is 2.23. The van der Waals surface area contributed by atoms with Gasteiger partial charge in [-0.25, -0.2) is 19.2 Å². The molecule has 0 bridgehead atoms. The Labute approximate surface area is 290 Å². The molecular weight excluding hydrogens is 648 g/mol. The summed E-state index contributed by atoms with van der Waals surface area (Å²) >= 11 is 0. The molecule has 0 heterocycles. The number of nitrogens with one attached hydrogen (secondary N) is 3. The van der Waals surface area contributed by atoms with Gasteiger partial charge in [0.25, 0.3) is 0 Å². The molecule has 0 aliphatic rings. The number of aliphatic imine (C=N–C) groups is 1. The van der Waals surface area contributed by atoms with Crippen molar-refractivity contribution in [2.75, 3.05) is 12.4 Å². The van der Waals surface area contributed by atoms with Crippen LogP contribution in [0, 0.1) is 0 Å². The smallest absolute Gasteiger partial charge is 0.437 e. The van der Waals surface area contributed by atoms with E-state index in [0.29, 0.717) is 11.3 Å². The number of aliphatic carboxylic acids is 1. The summed E-state index contributed by atoms with van der Waals surface area (Å²) < 4.78 is 21.4. The topological polar surface area (TPSA) is 191 Å². The van der Waals surface area contributed by atoms with Crippen LogP contribution < -0.4 is 25.4 Å². The molecule has 14 heteroatoms. The molecule has 0 saturated heterocycles. The number of anilines is 1. The van der Waals surface area contributed by atoms with Crippen LogP contribution in [0.15, 0.2) is 77.8 Å². The van der Waals surface area contributed by atoms with Gasteiger partial charge in [-0.2, -0.15) is 0 Å². The average Bonchev–Trinajstić information content (AvgIpc) is 3.00. The molecule has 0 aromatic heterocycles. The van der Waals surface area contributed by atoms with Crippen LogP contribution in [0.1, 0.15) is 63.0 Å². The summed E-state index contributed by atoms with van der Waals surface area (Å²) in [6.07, 6.45) is -1.83. The first kappa shape index (κ1) is 38.5. The lowest BCUT2D eigenvalue weighted by Gasteiger charge is -2.21. The molecule has 3 aromatic carbocycles. The first-order valence-electron chi connectivity index (χ1n) is 15.5. The van der Waals surface area contributed by atoms with Gasteiger partial charge in [-0.15, -0.1) is 4.99 Å². The summed E-state index contributed by atoms with van der Waals surface area (Å²) in [6.45, 7) is 10.0. The van der Waals surface area contributed by atoms with Gasteiger partial charge < -0.3 is 34.7 Å². The minimum absolute atomic E-state index is 0.0877. The van der Waals surface area contributed by atoms with Gasteiger partial charge in [0.1, 0.15) is 17.2 Å². The predicted molar refractivity (Wildman–Crippen MR) is 184 cm³/mol. The lowest BCUT2D eigenvalue weighted by molar-refractivity contribution is -0.141. The second kappa shape index (κ2) is 17.0. The first-order chi connectivity index (χ1) is 23.4. The maximum atomic E-state index is 13.0.